The van der Waals surface area contributed by atoms with E-state index in [2.05, 4.69) is 0 Å². The van der Waals surface area contributed by atoms with Crippen molar-refractivity contribution in [1.29, 1.82) is 0 Å². The predicted molar refractivity (Wildman–Crippen MR) is 47.4 cm³/mol. The molecule has 0 aromatic rings. The van der Waals surface area contributed by atoms with Crippen LogP contribution in [-0.2, 0) is 14.2 Å². The summed E-state index contributed by atoms with van der Waals surface area (Å²) < 4.78 is 15.8. The molecular formula is C9H18O4. The van der Waals surface area contributed by atoms with Gasteiger partial charge in [-0.3, -0.25) is 0 Å². The molecule has 1 saturated heterocycles. The van der Waals surface area contributed by atoms with Crippen LogP contribution < -0.4 is 0 Å². The Labute approximate surface area is 78.8 Å². The van der Waals surface area contributed by atoms with E-state index in [0.717, 1.165) is 39.1 Å². The molecule has 78 valence electrons. The summed E-state index contributed by atoms with van der Waals surface area (Å²) in [5, 5.41) is 8.48. The summed E-state index contributed by atoms with van der Waals surface area (Å²) in [4.78, 5) is 0. The molecule has 1 aliphatic rings. The lowest BCUT2D eigenvalue weighted by Crippen LogP contribution is -2.09. The molecular weight excluding hydrogens is 172 g/mol. The maximum atomic E-state index is 8.48. The van der Waals surface area contributed by atoms with Gasteiger partial charge in [-0.2, -0.15) is 0 Å². The lowest BCUT2D eigenvalue weighted by molar-refractivity contribution is -0.0517. The van der Waals surface area contributed by atoms with E-state index in [-0.39, 0.29) is 12.9 Å². The van der Waals surface area contributed by atoms with Crippen molar-refractivity contribution in [3.63, 3.8) is 0 Å². The molecule has 1 heterocycles. The SMILES string of the molecule is OCCCOCCCC1OCCO1. The lowest BCUT2D eigenvalue weighted by Gasteiger charge is -2.08. The number of aliphatic hydroxyl groups excluding tert-OH is 1. The number of ether oxygens (including phenoxy) is 3. The van der Waals surface area contributed by atoms with E-state index in [1.807, 2.05) is 0 Å². The van der Waals surface area contributed by atoms with Gasteiger partial charge in [0.05, 0.1) is 13.2 Å². The first-order valence-corrected chi connectivity index (χ1v) is 4.85. The van der Waals surface area contributed by atoms with Gasteiger partial charge in [-0.25, -0.2) is 0 Å². The smallest absolute Gasteiger partial charge is 0.157 e. The molecule has 0 saturated carbocycles. The Morgan fingerprint density at radius 1 is 1.15 bits per heavy atom. The molecule has 4 nitrogen and oxygen atoms in total. The van der Waals surface area contributed by atoms with Crippen molar-refractivity contribution in [3.8, 4) is 0 Å². The van der Waals surface area contributed by atoms with Crippen molar-refractivity contribution in [2.45, 2.75) is 25.6 Å². The molecule has 13 heavy (non-hydrogen) atoms. The van der Waals surface area contributed by atoms with Crippen molar-refractivity contribution >= 4 is 0 Å². The van der Waals surface area contributed by atoms with Crippen LogP contribution in [-0.4, -0.2) is 44.4 Å². The Hall–Kier alpha value is -0.160. The van der Waals surface area contributed by atoms with E-state index in [1.54, 1.807) is 0 Å². The number of rotatable bonds is 7. The van der Waals surface area contributed by atoms with Crippen LogP contribution in [0.3, 0.4) is 0 Å². The van der Waals surface area contributed by atoms with E-state index in [0.29, 0.717) is 6.61 Å². The van der Waals surface area contributed by atoms with Crippen LogP contribution >= 0.6 is 0 Å². The van der Waals surface area contributed by atoms with Gasteiger partial charge in [0, 0.05) is 26.2 Å². The number of aliphatic hydroxyl groups is 1. The van der Waals surface area contributed by atoms with Crippen molar-refractivity contribution in [2.24, 2.45) is 0 Å². The van der Waals surface area contributed by atoms with Crippen molar-refractivity contribution in [1.82, 2.24) is 0 Å². The van der Waals surface area contributed by atoms with Crippen molar-refractivity contribution in [2.75, 3.05) is 33.0 Å². The van der Waals surface area contributed by atoms with E-state index in [1.165, 1.54) is 0 Å². The second kappa shape index (κ2) is 7.26. The fourth-order valence-electron chi connectivity index (χ4n) is 1.19. The molecule has 1 rings (SSSR count). The Kier molecular flexibility index (Phi) is 6.10. The minimum Gasteiger partial charge on any atom is -0.396 e. The monoisotopic (exact) mass is 190 g/mol. The van der Waals surface area contributed by atoms with Gasteiger partial charge >= 0.3 is 0 Å². The highest BCUT2D eigenvalue weighted by Gasteiger charge is 2.14. The van der Waals surface area contributed by atoms with E-state index in [4.69, 9.17) is 19.3 Å². The third-order valence-electron chi connectivity index (χ3n) is 1.87. The minimum atomic E-state index is -0.0126. The highest BCUT2D eigenvalue weighted by Crippen LogP contribution is 2.09. The van der Waals surface area contributed by atoms with Gasteiger partial charge in [0.2, 0.25) is 0 Å². The van der Waals surface area contributed by atoms with Gasteiger partial charge in [-0.05, 0) is 12.8 Å². The van der Waals surface area contributed by atoms with Crippen LogP contribution in [0.4, 0.5) is 0 Å². The van der Waals surface area contributed by atoms with Crippen LogP contribution in [0, 0.1) is 0 Å². The molecule has 1 N–H and O–H groups in total. The Bertz CT molecular complexity index is 112. The van der Waals surface area contributed by atoms with E-state index in [9.17, 15) is 0 Å². The fraction of sp³-hybridized carbons (Fsp3) is 1.00. The molecule has 1 fully saturated rings. The van der Waals surface area contributed by atoms with Gasteiger partial charge in [0.1, 0.15) is 0 Å². The first-order valence-electron chi connectivity index (χ1n) is 4.85. The summed E-state index contributed by atoms with van der Waals surface area (Å²) >= 11 is 0. The topological polar surface area (TPSA) is 47.9 Å². The molecule has 0 radical (unpaired) electrons. The molecule has 0 spiro atoms. The van der Waals surface area contributed by atoms with Crippen molar-refractivity contribution in [3.05, 3.63) is 0 Å². The summed E-state index contributed by atoms with van der Waals surface area (Å²) in [7, 11) is 0. The molecule has 0 amide bonds. The summed E-state index contributed by atoms with van der Waals surface area (Å²) in [6.45, 7) is 3.01. The quantitative estimate of drug-likeness (QED) is 0.595. The summed E-state index contributed by atoms with van der Waals surface area (Å²) in [5.41, 5.74) is 0. The van der Waals surface area contributed by atoms with Crippen LogP contribution in [0.25, 0.3) is 0 Å². The van der Waals surface area contributed by atoms with Gasteiger partial charge in [-0.1, -0.05) is 0 Å². The van der Waals surface area contributed by atoms with E-state index < -0.39 is 0 Å². The second-order valence-electron chi connectivity index (χ2n) is 3.00. The average molecular weight is 190 g/mol. The van der Waals surface area contributed by atoms with Crippen LogP contribution in [0.5, 0.6) is 0 Å². The fourth-order valence-corrected chi connectivity index (χ4v) is 1.19. The zero-order valence-corrected chi connectivity index (χ0v) is 7.91. The summed E-state index contributed by atoms with van der Waals surface area (Å²) in [6.07, 6.45) is 2.56. The van der Waals surface area contributed by atoms with Gasteiger partial charge in [0.25, 0.3) is 0 Å². The predicted octanol–water partition coefficient (Wildman–Crippen LogP) is 0.538. The van der Waals surface area contributed by atoms with Crippen LogP contribution in [0.1, 0.15) is 19.3 Å². The maximum absolute atomic E-state index is 8.48. The van der Waals surface area contributed by atoms with Gasteiger partial charge in [-0.15, -0.1) is 0 Å². The largest absolute Gasteiger partial charge is 0.396 e. The average Bonchev–Trinajstić information content (AvgIpc) is 2.63. The van der Waals surface area contributed by atoms with Gasteiger partial charge in [0.15, 0.2) is 6.29 Å². The minimum absolute atomic E-state index is 0.0126. The third kappa shape index (κ3) is 5.21. The third-order valence-corrected chi connectivity index (χ3v) is 1.87. The molecule has 0 unspecified atom stereocenters. The number of hydrogen-bond acceptors (Lipinski definition) is 4. The van der Waals surface area contributed by atoms with E-state index >= 15 is 0 Å². The lowest BCUT2D eigenvalue weighted by atomic mass is 10.3. The molecule has 4 heteroatoms. The van der Waals surface area contributed by atoms with Gasteiger partial charge < -0.3 is 19.3 Å². The molecule has 0 aromatic heterocycles. The summed E-state index contributed by atoms with van der Waals surface area (Å²) in [5.74, 6) is 0. The highest BCUT2D eigenvalue weighted by molar-refractivity contribution is 4.51. The molecule has 0 aromatic carbocycles. The van der Waals surface area contributed by atoms with Crippen LogP contribution in [0.2, 0.25) is 0 Å². The zero-order chi connectivity index (χ0) is 9.36. The highest BCUT2D eigenvalue weighted by atomic mass is 16.7. The molecule has 0 bridgehead atoms. The Balaban J connectivity index is 1.78. The molecule has 1 aliphatic heterocycles. The number of hydrogen-bond donors (Lipinski definition) is 1. The maximum Gasteiger partial charge on any atom is 0.157 e. The molecule has 0 atom stereocenters. The Morgan fingerprint density at radius 2 is 1.85 bits per heavy atom. The molecule has 0 aliphatic carbocycles. The van der Waals surface area contributed by atoms with Crippen molar-refractivity contribution < 1.29 is 19.3 Å². The standard InChI is InChI=1S/C9H18O4/c10-4-2-6-11-5-1-3-9-12-7-8-13-9/h9-10H,1-8H2. The summed E-state index contributed by atoms with van der Waals surface area (Å²) in [6, 6.07) is 0. The second-order valence-corrected chi connectivity index (χ2v) is 3.00. The Morgan fingerprint density at radius 3 is 2.54 bits per heavy atom. The first kappa shape index (κ1) is 10.9. The normalized spacial score (nSPS) is 18.2. The zero-order valence-electron chi connectivity index (χ0n) is 7.91. The first-order chi connectivity index (χ1) is 6.43. The van der Waals surface area contributed by atoms with Crippen LogP contribution in [0.15, 0.2) is 0 Å².